The second-order valence-corrected chi connectivity index (χ2v) is 15.9. The van der Waals surface area contributed by atoms with Gasteiger partial charge in [0.2, 0.25) is 5.95 Å². The third-order valence-corrected chi connectivity index (χ3v) is 13.2. The van der Waals surface area contributed by atoms with E-state index in [1.807, 2.05) is 17.5 Å². The maximum atomic E-state index is 5.57. The Labute approximate surface area is 331 Å². The van der Waals surface area contributed by atoms with Gasteiger partial charge in [0.1, 0.15) is 0 Å². The van der Waals surface area contributed by atoms with E-state index in [4.69, 9.17) is 9.97 Å². The van der Waals surface area contributed by atoms with E-state index in [2.05, 4.69) is 185 Å². The van der Waals surface area contributed by atoms with Crippen molar-refractivity contribution in [3.05, 3.63) is 182 Å². The molecule has 0 fully saturated rings. The van der Waals surface area contributed by atoms with Crippen LogP contribution in [0.15, 0.2) is 182 Å². The SMILES string of the molecule is c1ccc2c(c1)-c1ccccc1-c1cnc(-n3c4ccccc4c4c5c6ccccc6n(-c6cccc7c6sc6ccccc67)c5ccc43)nc1-c1ccccc1-2. The first-order valence-corrected chi connectivity index (χ1v) is 20.2. The Morgan fingerprint density at radius 1 is 0.368 bits per heavy atom. The minimum Gasteiger partial charge on any atom is -0.308 e. The van der Waals surface area contributed by atoms with Gasteiger partial charge in [0.25, 0.3) is 0 Å². The van der Waals surface area contributed by atoms with E-state index < -0.39 is 0 Å². The number of rotatable bonds is 2. The van der Waals surface area contributed by atoms with E-state index in [-0.39, 0.29) is 0 Å². The standard InChI is InChI=1S/C52H30N4S/c1-2-15-32-31(14-1)33-16-3-4-18-35(33)41-30-53-52(54-50(41)37-20-6-5-17-34(32)37)56-43-25-11-8-22-40(43)49-45(56)29-28-44-48(49)39-21-7-10-24-42(39)55(44)46-26-13-23-38-36-19-9-12-27-47(36)57-51(38)46/h1-30H. The average molecular weight is 743 g/mol. The van der Waals surface area contributed by atoms with Crippen LogP contribution in [0, 0.1) is 0 Å². The van der Waals surface area contributed by atoms with Crippen molar-refractivity contribution in [3.63, 3.8) is 0 Å². The van der Waals surface area contributed by atoms with Crippen LogP contribution in [0.2, 0.25) is 0 Å². The lowest BCUT2D eigenvalue weighted by Crippen LogP contribution is -2.05. The summed E-state index contributed by atoms with van der Waals surface area (Å²) < 4.78 is 7.34. The topological polar surface area (TPSA) is 35.6 Å². The minimum atomic E-state index is 0.652. The molecule has 0 spiro atoms. The Bertz CT molecular complexity index is 3650. The van der Waals surface area contributed by atoms with E-state index in [1.54, 1.807) is 0 Å². The molecular weight excluding hydrogens is 713 g/mol. The largest absolute Gasteiger partial charge is 0.308 e. The van der Waals surface area contributed by atoms with E-state index in [9.17, 15) is 0 Å². The molecule has 4 heterocycles. The predicted molar refractivity (Wildman–Crippen MR) is 239 cm³/mol. The second kappa shape index (κ2) is 11.6. The molecule has 264 valence electrons. The molecule has 0 radical (unpaired) electrons. The summed E-state index contributed by atoms with van der Waals surface area (Å²) in [5, 5.41) is 7.44. The molecule has 5 heteroatoms. The van der Waals surface area contributed by atoms with Gasteiger partial charge in [-0.05, 0) is 64.2 Å². The average Bonchev–Trinajstić information content (AvgIpc) is 3.94. The molecule has 0 bridgehead atoms. The number of nitrogens with zero attached hydrogens (tertiary/aromatic N) is 4. The zero-order valence-corrected chi connectivity index (χ0v) is 31.3. The highest BCUT2D eigenvalue weighted by molar-refractivity contribution is 7.26. The Balaban J connectivity index is 1.11. The monoisotopic (exact) mass is 742 g/mol. The Hall–Kier alpha value is -7.34. The molecule has 4 aromatic heterocycles. The zero-order valence-electron chi connectivity index (χ0n) is 30.5. The van der Waals surface area contributed by atoms with Crippen molar-refractivity contribution in [3.8, 4) is 56.3 Å². The molecule has 1 aliphatic carbocycles. The Morgan fingerprint density at radius 2 is 0.860 bits per heavy atom. The third-order valence-electron chi connectivity index (χ3n) is 12.0. The number of para-hydroxylation sites is 2. The zero-order chi connectivity index (χ0) is 37.2. The van der Waals surface area contributed by atoms with E-state index in [0.29, 0.717) is 5.95 Å². The predicted octanol–water partition coefficient (Wildman–Crippen LogP) is 14.0. The van der Waals surface area contributed by atoms with E-state index >= 15 is 0 Å². The van der Waals surface area contributed by atoms with Gasteiger partial charge in [-0.2, -0.15) is 0 Å². The number of hydrogen-bond acceptors (Lipinski definition) is 3. The van der Waals surface area contributed by atoms with Crippen molar-refractivity contribution >= 4 is 75.1 Å². The third kappa shape index (κ3) is 4.21. The highest BCUT2D eigenvalue weighted by Crippen LogP contribution is 2.48. The van der Waals surface area contributed by atoms with Gasteiger partial charge in [-0.3, -0.25) is 4.57 Å². The van der Waals surface area contributed by atoms with Crippen LogP contribution in [0.5, 0.6) is 0 Å². The van der Waals surface area contributed by atoms with Crippen LogP contribution in [0.1, 0.15) is 0 Å². The first kappa shape index (κ1) is 30.9. The lowest BCUT2D eigenvalue weighted by molar-refractivity contribution is 0.994. The van der Waals surface area contributed by atoms with Gasteiger partial charge in [-0.25, -0.2) is 9.97 Å². The molecule has 12 aromatic rings. The van der Waals surface area contributed by atoms with Crippen LogP contribution in [0.25, 0.3) is 120 Å². The first-order valence-electron chi connectivity index (χ1n) is 19.3. The molecule has 0 N–H and O–H groups in total. The number of hydrogen-bond donors (Lipinski definition) is 0. The summed E-state index contributed by atoms with van der Waals surface area (Å²) in [6.45, 7) is 0. The normalized spacial score (nSPS) is 12.2. The molecule has 0 amide bonds. The summed E-state index contributed by atoms with van der Waals surface area (Å²) in [7, 11) is 0. The number of fused-ring (bicyclic) bond motifs is 18. The van der Waals surface area contributed by atoms with Crippen LogP contribution in [-0.4, -0.2) is 19.1 Å². The Kier molecular flexibility index (Phi) is 6.29. The maximum absolute atomic E-state index is 5.57. The molecular formula is C52H30N4S. The molecule has 13 rings (SSSR count). The lowest BCUT2D eigenvalue weighted by atomic mass is 9.83. The highest BCUT2D eigenvalue weighted by atomic mass is 32.1. The summed E-state index contributed by atoms with van der Waals surface area (Å²) in [5.74, 6) is 0.652. The lowest BCUT2D eigenvalue weighted by Gasteiger charge is -2.22. The summed E-state index contributed by atoms with van der Waals surface area (Å²) in [5.41, 5.74) is 14.7. The van der Waals surface area contributed by atoms with Gasteiger partial charge in [-0.1, -0.05) is 140 Å². The van der Waals surface area contributed by atoms with Crippen molar-refractivity contribution in [2.24, 2.45) is 0 Å². The van der Waals surface area contributed by atoms with Gasteiger partial charge >= 0.3 is 0 Å². The second-order valence-electron chi connectivity index (χ2n) is 14.9. The Morgan fingerprint density at radius 3 is 1.53 bits per heavy atom. The van der Waals surface area contributed by atoms with Gasteiger partial charge < -0.3 is 4.57 Å². The fourth-order valence-electron chi connectivity index (χ4n) is 9.61. The van der Waals surface area contributed by atoms with Crippen molar-refractivity contribution in [1.29, 1.82) is 0 Å². The van der Waals surface area contributed by atoms with E-state index in [1.165, 1.54) is 80.7 Å². The van der Waals surface area contributed by atoms with E-state index in [0.717, 1.165) is 33.4 Å². The summed E-state index contributed by atoms with van der Waals surface area (Å²) in [6.07, 6.45) is 2.04. The number of thiophene rings is 1. The molecule has 0 atom stereocenters. The van der Waals surface area contributed by atoms with Gasteiger partial charge in [0.15, 0.2) is 0 Å². The molecule has 0 saturated heterocycles. The maximum Gasteiger partial charge on any atom is 0.235 e. The minimum absolute atomic E-state index is 0.652. The van der Waals surface area contributed by atoms with Crippen LogP contribution in [-0.2, 0) is 0 Å². The van der Waals surface area contributed by atoms with Crippen molar-refractivity contribution in [1.82, 2.24) is 19.1 Å². The molecule has 8 aromatic carbocycles. The molecule has 0 aliphatic heterocycles. The van der Waals surface area contributed by atoms with Gasteiger partial charge in [-0.15, -0.1) is 11.3 Å². The molecule has 0 saturated carbocycles. The van der Waals surface area contributed by atoms with Gasteiger partial charge in [0, 0.05) is 54.3 Å². The molecule has 57 heavy (non-hydrogen) atoms. The fourth-order valence-corrected chi connectivity index (χ4v) is 10.8. The van der Waals surface area contributed by atoms with Crippen LogP contribution in [0.4, 0.5) is 0 Å². The summed E-state index contributed by atoms with van der Waals surface area (Å²) in [4.78, 5) is 10.8. The smallest absolute Gasteiger partial charge is 0.235 e. The molecule has 4 nitrogen and oxygen atoms in total. The first-order chi connectivity index (χ1) is 28.3. The number of benzene rings is 8. The summed E-state index contributed by atoms with van der Waals surface area (Å²) >= 11 is 1.87. The molecule has 1 aliphatic rings. The van der Waals surface area contributed by atoms with Crippen molar-refractivity contribution in [2.45, 2.75) is 0 Å². The van der Waals surface area contributed by atoms with Crippen molar-refractivity contribution < 1.29 is 0 Å². The van der Waals surface area contributed by atoms with Crippen LogP contribution in [0.3, 0.4) is 0 Å². The van der Waals surface area contributed by atoms with Gasteiger partial charge in [0.05, 0.1) is 38.1 Å². The van der Waals surface area contributed by atoms with Crippen molar-refractivity contribution in [2.75, 3.05) is 0 Å². The van der Waals surface area contributed by atoms with Crippen LogP contribution >= 0.6 is 11.3 Å². The number of aromatic nitrogens is 4. The highest BCUT2D eigenvalue weighted by Gasteiger charge is 2.26. The molecule has 0 unspecified atom stereocenters. The fraction of sp³-hybridized carbons (Fsp3) is 0. The van der Waals surface area contributed by atoms with Crippen LogP contribution < -0.4 is 0 Å². The quantitative estimate of drug-likeness (QED) is 0.177. The summed E-state index contributed by atoms with van der Waals surface area (Å²) in [6, 6.07) is 63.7.